The Morgan fingerprint density at radius 2 is 2.53 bits per heavy atom. The fraction of sp³-hybridized carbons (Fsp3) is 0.600. The molecule has 82 valence electrons. The molecule has 0 spiro atoms. The van der Waals surface area contributed by atoms with Crippen LogP contribution in [0.3, 0.4) is 0 Å². The quantitative estimate of drug-likeness (QED) is 0.820. The van der Waals surface area contributed by atoms with Gasteiger partial charge in [-0.05, 0) is 35.7 Å². The highest BCUT2D eigenvalue weighted by Gasteiger charge is 2.17. The van der Waals surface area contributed by atoms with Gasteiger partial charge in [0.25, 0.3) is 5.56 Å². The maximum Gasteiger partial charge on any atom is 0.267 e. The summed E-state index contributed by atoms with van der Waals surface area (Å²) in [5.74, 6) is 0. The molecule has 1 aliphatic rings. The smallest absolute Gasteiger partial charge is 0.267 e. The lowest BCUT2D eigenvalue weighted by Crippen LogP contribution is -2.27. The highest BCUT2D eigenvalue weighted by atomic mass is 79.9. The first-order chi connectivity index (χ1) is 7.18. The standard InChI is InChI=1S/C10H13BrN2O2/c1-7-9(11)10(14)13(6-12-7)5-8-3-2-4-15-8/h6,8H,2-5H2,1H3. The van der Waals surface area contributed by atoms with Gasteiger partial charge in [0.15, 0.2) is 0 Å². The summed E-state index contributed by atoms with van der Waals surface area (Å²) in [6.07, 6.45) is 3.86. The second-order valence-corrected chi connectivity index (χ2v) is 4.53. The van der Waals surface area contributed by atoms with Crippen LogP contribution in [-0.4, -0.2) is 22.3 Å². The van der Waals surface area contributed by atoms with Crippen molar-refractivity contribution in [2.24, 2.45) is 0 Å². The van der Waals surface area contributed by atoms with Gasteiger partial charge in [-0.3, -0.25) is 9.36 Å². The van der Waals surface area contributed by atoms with Gasteiger partial charge >= 0.3 is 0 Å². The van der Waals surface area contributed by atoms with Gasteiger partial charge in [0, 0.05) is 6.61 Å². The summed E-state index contributed by atoms with van der Waals surface area (Å²) < 4.78 is 7.63. The summed E-state index contributed by atoms with van der Waals surface area (Å²) in [4.78, 5) is 15.9. The Bertz CT molecular complexity index is 410. The van der Waals surface area contributed by atoms with Crippen LogP contribution in [-0.2, 0) is 11.3 Å². The van der Waals surface area contributed by atoms with E-state index in [9.17, 15) is 4.79 Å². The fourth-order valence-electron chi connectivity index (χ4n) is 1.68. The average molecular weight is 273 g/mol. The Hall–Kier alpha value is -0.680. The van der Waals surface area contributed by atoms with Crippen LogP contribution in [0, 0.1) is 6.92 Å². The number of rotatable bonds is 2. The molecule has 2 rings (SSSR count). The minimum Gasteiger partial charge on any atom is -0.376 e. The molecule has 1 aromatic rings. The van der Waals surface area contributed by atoms with Gasteiger partial charge in [-0.15, -0.1) is 0 Å². The zero-order valence-electron chi connectivity index (χ0n) is 8.57. The minimum absolute atomic E-state index is 0.0296. The zero-order chi connectivity index (χ0) is 10.8. The fourth-order valence-corrected chi connectivity index (χ4v) is 2.01. The number of hydrogen-bond acceptors (Lipinski definition) is 3. The summed E-state index contributed by atoms with van der Waals surface area (Å²) in [6, 6.07) is 0. The SMILES string of the molecule is Cc1ncn(CC2CCCO2)c(=O)c1Br. The lowest BCUT2D eigenvalue weighted by molar-refractivity contribution is 0.0958. The molecule has 0 saturated carbocycles. The van der Waals surface area contributed by atoms with E-state index in [4.69, 9.17) is 4.74 Å². The molecule has 15 heavy (non-hydrogen) atoms. The van der Waals surface area contributed by atoms with Crippen LogP contribution in [0.5, 0.6) is 0 Å². The van der Waals surface area contributed by atoms with E-state index in [2.05, 4.69) is 20.9 Å². The van der Waals surface area contributed by atoms with Crippen molar-refractivity contribution < 1.29 is 4.74 Å². The van der Waals surface area contributed by atoms with Crippen LogP contribution in [0.2, 0.25) is 0 Å². The van der Waals surface area contributed by atoms with Gasteiger partial charge in [0.2, 0.25) is 0 Å². The van der Waals surface area contributed by atoms with Crippen molar-refractivity contribution >= 4 is 15.9 Å². The molecule has 1 unspecified atom stereocenters. The molecule has 1 aliphatic heterocycles. The van der Waals surface area contributed by atoms with Crippen LogP contribution >= 0.6 is 15.9 Å². The predicted molar refractivity (Wildman–Crippen MR) is 59.9 cm³/mol. The van der Waals surface area contributed by atoms with E-state index in [0.717, 1.165) is 25.1 Å². The van der Waals surface area contributed by atoms with Crippen LogP contribution in [0.15, 0.2) is 15.6 Å². The molecule has 0 N–H and O–H groups in total. The lowest BCUT2D eigenvalue weighted by atomic mass is 10.2. The third kappa shape index (κ3) is 2.29. The molecular weight excluding hydrogens is 260 g/mol. The van der Waals surface area contributed by atoms with Crippen molar-refractivity contribution in [3.63, 3.8) is 0 Å². The molecule has 0 amide bonds. The molecule has 0 bridgehead atoms. The van der Waals surface area contributed by atoms with Crippen molar-refractivity contribution in [3.05, 3.63) is 26.8 Å². The Morgan fingerprint density at radius 1 is 1.73 bits per heavy atom. The molecule has 2 heterocycles. The molecule has 1 atom stereocenters. The number of aromatic nitrogens is 2. The molecule has 5 heteroatoms. The summed E-state index contributed by atoms with van der Waals surface area (Å²) >= 11 is 3.24. The molecule has 4 nitrogen and oxygen atoms in total. The van der Waals surface area contributed by atoms with Crippen molar-refractivity contribution in [2.45, 2.75) is 32.4 Å². The first kappa shape index (κ1) is 10.8. The normalized spacial score (nSPS) is 20.8. The first-order valence-electron chi connectivity index (χ1n) is 5.01. The number of ether oxygens (including phenoxy) is 1. The van der Waals surface area contributed by atoms with Gasteiger partial charge in [0.1, 0.15) is 4.47 Å². The minimum atomic E-state index is -0.0296. The van der Waals surface area contributed by atoms with Crippen LogP contribution in [0.4, 0.5) is 0 Å². The molecular formula is C10H13BrN2O2. The largest absolute Gasteiger partial charge is 0.376 e. The number of aryl methyl sites for hydroxylation is 1. The summed E-state index contributed by atoms with van der Waals surface area (Å²) in [5, 5.41) is 0. The Kier molecular flexibility index (Phi) is 3.21. The van der Waals surface area contributed by atoms with E-state index in [1.54, 1.807) is 10.9 Å². The highest BCUT2D eigenvalue weighted by molar-refractivity contribution is 9.10. The second-order valence-electron chi connectivity index (χ2n) is 3.74. The van der Waals surface area contributed by atoms with Gasteiger partial charge in [0.05, 0.1) is 24.7 Å². The zero-order valence-corrected chi connectivity index (χ0v) is 10.2. The highest BCUT2D eigenvalue weighted by Crippen LogP contribution is 2.14. The first-order valence-corrected chi connectivity index (χ1v) is 5.81. The van der Waals surface area contributed by atoms with Crippen LogP contribution < -0.4 is 5.56 Å². The van der Waals surface area contributed by atoms with Crippen molar-refractivity contribution in [1.29, 1.82) is 0 Å². The third-order valence-electron chi connectivity index (χ3n) is 2.58. The summed E-state index contributed by atoms with van der Waals surface area (Å²) in [6.45, 7) is 3.21. The molecule has 0 aliphatic carbocycles. The number of hydrogen-bond donors (Lipinski definition) is 0. The summed E-state index contributed by atoms with van der Waals surface area (Å²) in [5.41, 5.74) is 0.696. The van der Waals surface area contributed by atoms with E-state index in [-0.39, 0.29) is 11.7 Å². The Labute approximate surface area is 96.4 Å². The molecule has 1 aromatic heterocycles. The molecule has 0 aromatic carbocycles. The number of nitrogens with zero attached hydrogens (tertiary/aromatic N) is 2. The second kappa shape index (κ2) is 4.45. The van der Waals surface area contributed by atoms with E-state index in [1.807, 2.05) is 6.92 Å². The molecule has 0 radical (unpaired) electrons. The predicted octanol–water partition coefficient (Wildman–Crippen LogP) is 1.49. The maximum absolute atomic E-state index is 11.8. The van der Waals surface area contributed by atoms with Crippen LogP contribution in [0.1, 0.15) is 18.5 Å². The third-order valence-corrected chi connectivity index (χ3v) is 3.49. The van der Waals surface area contributed by atoms with Gasteiger partial charge in [-0.1, -0.05) is 0 Å². The Balaban J connectivity index is 2.21. The number of halogens is 1. The van der Waals surface area contributed by atoms with E-state index in [1.165, 1.54) is 0 Å². The topological polar surface area (TPSA) is 44.1 Å². The van der Waals surface area contributed by atoms with Crippen molar-refractivity contribution in [1.82, 2.24) is 9.55 Å². The Morgan fingerprint density at radius 3 is 3.20 bits per heavy atom. The van der Waals surface area contributed by atoms with Crippen LogP contribution in [0.25, 0.3) is 0 Å². The van der Waals surface area contributed by atoms with Crippen molar-refractivity contribution in [3.8, 4) is 0 Å². The average Bonchev–Trinajstić information content (AvgIpc) is 2.72. The maximum atomic E-state index is 11.8. The molecule has 1 fully saturated rings. The van der Waals surface area contributed by atoms with Gasteiger partial charge in [-0.2, -0.15) is 0 Å². The molecule has 1 saturated heterocycles. The van der Waals surface area contributed by atoms with Gasteiger partial charge < -0.3 is 4.74 Å². The van der Waals surface area contributed by atoms with Crippen molar-refractivity contribution in [2.75, 3.05) is 6.61 Å². The lowest BCUT2D eigenvalue weighted by Gasteiger charge is -2.11. The van der Waals surface area contributed by atoms with E-state index < -0.39 is 0 Å². The van der Waals surface area contributed by atoms with E-state index >= 15 is 0 Å². The summed E-state index contributed by atoms with van der Waals surface area (Å²) in [7, 11) is 0. The van der Waals surface area contributed by atoms with E-state index in [0.29, 0.717) is 11.0 Å². The van der Waals surface area contributed by atoms with Gasteiger partial charge in [-0.25, -0.2) is 4.98 Å². The monoisotopic (exact) mass is 272 g/mol.